The number of carbonyl (C=O) groups excluding carboxylic acids is 1. The normalized spacial score (nSPS) is 11.7. The summed E-state index contributed by atoms with van der Waals surface area (Å²) in [7, 11) is 0. The van der Waals surface area contributed by atoms with E-state index in [4.69, 9.17) is 16.3 Å². The molecule has 0 spiro atoms. The van der Waals surface area contributed by atoms with Gasteiger partial charge >= 0.3 is 0 Å². The van der Waals surface area contributed by atoms with E-state index in [2.05, 4.69) is 26.3 Å². The van der Waals surface area contributed by atoms with Gasteiger partial charge in [0.05, 0.1) is 39.8 Å². The van der Waals surface area contributed by atoms with Crippen LogP contribution in [0, 0.1) is 23.0 Å². The molecule has 0 bridgehead atoms. The fourth-order valence-electron chi connectivity index (χ4n) is 2.70. The average molecular weight is 494 g/mol. The van der Waals surface area contributed by atoms with Gasteiger partial charge in [-0.3, -0.25) is 19.6 Å². The highest BCUT2D eigenvalue weighted by Crippen LogP contribution is 2.31. The summed E-state index contributed by atoms with van der Waals surface area (Å²) in [4.78, 5) is 23.3. The SMILES string of the molecule is Cc1cc(Oc2cc(NC(=O)C(C)Cn3cc(Br)cn3)cc([N+](=O)[O-])c2)ccc1Cl. The van der Waals surface area contributed by atoms with Crippen molar-refractivity contribution < 1.29 is 14.5 Å². The first-order valence-corrected chi connectivity index (χ1v) is 10.1. The van der Waals surface area contributed by atoms with E-state index in [1.807, 2.05) is 6.92 Å². The molecule has 0 saturated carbocycles. The second-order valence-electron chi connectivity index (χ2n) is 6.76. The van der Waals surface area contributed by atoms with E-state index in [0.29, 0.717) is 17.3 Å². The summed E-state index contributed by atoms with van der Waals surface area (Å²) >= 11 is 9.33. The van der Waals surface area contributed by atoms with Crippen LogP contribution in [0.5, 0.6) is 11.5 Å². The van der Waals surface area contributed by atoms with Crippen molar-refractivity contribution in [1.29, 1.82) is 0 Å². The van der Waals surface area contributed by atoms with Gasteiger partial charge in [-0.05, 0) is 46.6 Å². The predicted octanol–water partition coefficient (Wildman–Crippen LogP) is 5.58. The van der Waals surface area contributed by atoms with Crippen LogP contribution in [0.2, 0.25) is 5.02 Å². The number of anilines is 1. The predicted molar refractivity (Wildman–Crippen MR) is 117 cm³/mol. The number of carbonyl (C=O) groups is 1. The minimum atomic E-state index is -0.541. The maximum atomic E-state index is 12.6. The maximum absolute atomic E-state index is 12.6. The summed E-state index contributed by atoms with van der Waals surface area (Å²) in [5.41, 5.74) is 0.882. The summed E-state index contributed by atoms with van der Waals surface area (Å²) in [6.45, 7) is 3.93. The number of hydrogen-bond donors (Lipinski definition) is 1. The smallest absolute Gasteiger partial charge is 0.275 e. The molecule has 0 fully saturated rings. The first kappa shape index (κ1) is 21.8. The number of hydrogen-bond acceptors (Lipinski definition) is 5. The number of aryl methyl sites for hydroxylation is 1. The van der Waals surface area contributed by atoms with E-state index in [9.17, 15) is 14.9 Å². The highest BCUT2D eigenvalue weighted by molar-refractivity contribution is 9.10. The van der Waals surface area contributed by atoms with Crippen LogP contribution in [-0.4, -0.2) is 20.6 Å². The van der Waals surface area contributed by atoms with E-state index in [1.54, 1.807) is 42.2 Å². The van der Waals surface area contributed by atoms with Gasteiger partial charge in [-0.1, -0.05) is 18.5 Å². The largest absolute Gasteiger partial charge is 0.457 e. The van der Waals surface area contributed by atoms with E-state index < -0.39 is 10.8 Å². The van der Waals surface area contributed by atoms with E-state index >= 15 is 0 Å². The van der Waals surface area contributed by atoms with Crippen LogP contribution in [-0.2, 0) is 11.3 Å². The minimum Gasteiger partial charge on any atom is -0.457 e. The van der Waals surface area contributed by atoms with Crippen molar-refractivity contribution in [3.8, 4) is 11.5 Å². The Labute approximate surface area is 186 Å². The Bertz CT molecular complexity index is 1100. The lowest BCUT2D eigenvalue weighted by atomic mass is 10.1. The topological polar surface area (TPSA) is 99.3 Å². The Hall–Kier alpha value is -2.91. The fourth-order valence-corrected chi connectivity index (χ4v) is 3.15. The minimum absolute atomic E-state index is 0.197. The van der Waals surface area contributed by atoms with Gasteiger partial charge in [0.25, 0.3) is 5.69 Å². The van der Waals surface area contributed by atoms with Crippen LogP contribution in [0.25, 0.3) is 0 Å². The number of halogens is 2. The molecule has 1 amide bonds. The van der Waals surface area contributed by atoms with E-state index in [-0.39, 0.29) is 23.0 Å². The molecule has 0 aliphatic carbocycles. The Morgan fingerprint density at radius 1 is 1.33 bits per heavy atom. The molecule has 3 aromatic rings. The number of non-ortho nitro benzene ring substituents is 1. The number of nitrogens with zero attached hydrogens (tertiary/aromatic N) is 3. The summed E-state index contributed by atoms with van der Waals surface area (Å²) in [5, 5.41) is 18.8. The van der Waals surface area contributed by atoms with Gasteiger partial charge in [0.2, 0.25) is 5.91 Å². The standard InChI is InChI=1S/C20H18BrClN4O4/c1-12-5-17(3-4-19(12)22)30-18-7-15(6-16(8-18)26(28)29)24-20(27)13(2)10-25-11-14(21)9-23-25/h3-9,11,13H,10H2,1-2H3,(H,24,27). The molecular weight excluding hydrogens is 476 g/mol. The third-order valence-corrected chi connectivity index (χ3v) is 5.08. The zero-order valence-electron chi connectivity index (χ0n) is 16.1. The molecule has 0 aliphatic rings. The molecule has 1 N–H and O–H groups in total. The zero-order chi connectivity index (χ0) is 21.8. The number of rotatable bonds is 7. The fraction of sp³-hybridized carbons (Fsp3) is 0.200. The zero-order valence-corrected chi connectivity index (χ0v) is 18.5. The van der Waals surface area contributed by atoms with Crippen molar-refractivity contribution in [3.05, 3.63) is 74.0 Å². The van der Waals surface area contributed by atoms with Crippen LogP contribution in [0.1, 0.15) is 12.5 Å². The van der Waals surface area contributed by atoms with Gasteiger partial charge < -0.3 is 10.1 Å². The van der Waals surface area contributed by atoms with Crippen molar-refractivity contribution in [1.82, 2.24) is 9.78 Å². The number of amides is 1. The van der Waals surface area contributed by atoms with Crippen molar-refractivity contribution >= 4 is 44.8 Å². The Morgan fingerprint density at radius 2 is 2.10 bits per heavy atom. The summed E-state index contributed by atoms with van der Waals surface area (Å²) in [6, 6.07) is 9.19. The Kier molecular flexibility index (Phi) is 6.73. The average Bonchev–Trinajstić information content (AvgIpc) is 3.09. The summed E-state index contributed by atoms with van der Waals surface area (Å²) in [6.07, 6.45) is 3.39. The van der Waals surface area contributed by atoms with Crippen LogP contribution in [0.15, 0.2) is 53.3 Å². The Balaban J connectivity index is 1.78. The molecule has 8 nitrogen and oxygen atoms in total. The lowest BCUT2D eigenvalue weighted by molar-refractivity contribution is -0.384. The highest BCUT2D eigenvalue weighted by atomic mass is 79.9. The van der Waals surface area contributed by atoms with Crippen molar-refractivity contribution in [3.63, 3.8) is 0 Å². The van der Waals surface area contributed by atoms with Crippen LogP contribution in [0.3, 0.4) is 0 Å². The number of nitrogens with one attached hydrogen (secondary N) is 1. The number of ether oxygens (including phenoxy) is 1. The summed E-state index contributed by atoms with van der Waals surface area (Å²) in [5.74, 6) is -0.00747. The van der Waals surface area contributed by atoms with Crippen molar-refractivity contribution in [2.75, 3.05) is 5.32 Å². The molecule has 1 atom stereocenters. The molecule has 1 aromatic heterocycles. The Morgan fingerprint density at radius 3 is 2.73 bits per heavy atom. The molecular formula is C20H18BrClN4O4. The lowest BCUT2D eigenvalue weighted by Crippen LogP contribution is -2.24. The van der Waals surface area contributed by atoms with E-state index in [1.165, 1.54) is 18.2 Å². The molecule has 0 saturated heterocycles. The van der Waals surface area contributed by atoms with Crippen LogP contribution in [0.4, 0.5) is 11.4 Å². The van der Waals surface area contributed by atoms with Gasteiger partial charge in [0, 0.05) is 23.4 Å². The molecule has 156 valence electrons. The van der Waals surface area contributed by atoms with Gasteiger partial charge in [-0.15, -0.1) is 0 Å². The van der Waals surface area contributed by atoms with E-state index in [0.717, 1.165) is 10.0 Å². The molecule has 30 heavy (non-hydrogen) atoms. The number of aromatic nitrogens is 2. The monoisotopic (exact) mass is 492 g/mol. The third kappa shape index (κ3) is 5.58. The van der Waals surface area contributed by atoms with Crippen molar-refractivity contribution in [2.45, 2.75) is 20.4 Å². The third-order valence-electron chi connectivity index (χ3n) is 4.24. The summed E-state index contributed by atoms with van der Waals surface area (Å²) < 4.78 is 8.20. The second kappa shape index (κ2) is 9.27. The molecule has 0 radical (unpaired) electrons. The van der Waals surface area contributed by atoms with Gasteiger partial charge in [-0.25, -0.2) is 0 Å². The number of nitro benzene ring substituents is 1. The molecule has 0 aliphatic heterocycles. The highest BCUT2D eigenvalue weighted by Gasteiger charge is 2.18. The molecule has 1 unspecified atom stereocenters. The number of benzene rings is 2. The molecule has 2 aromatic carbocycles. The first-order valence-electron chi connectivity index (χ1n) is 8.93. The van der Waals surface area contributed by atoms with Gasteiger partial charge in [0.15, 0.2) is 0 Å². The molecule has 3 rings (SSSR count). The van der Waals surface area contributed by atoms with Crippen molar-refractivity contribution in [2.24, 2.45) is 5.92 Å². The van der Waals surface area contributed by atoms with Crippen LogP contribution < -0.4 is 10.1 Å². The molecule has 1 heterocycles. The molecule has 10 heteroatoms. The number of nitro groups is 1. The quantitative estimate of drug-likeness (QED) is 0.342. The van der Waals surface area contributed by atoms with Gasteiger partial charge in [-0.2, -0.15) is 5.10 Å². The lowest BCUT2D eigenvalue weighted by Gasteiger charge is -2.14. The second-order valence-corrected chi connectivity index (χ2v) is 8.08. The maximum Gasteiger partial charge on any atom is 0.275 e. The van der Waals surface area contributed by atoms with Crippen LogP contribution >= 0.6 is 27.5 Å². The first-order chi connectivity index (χ1) is 14.2. The van der Waals surface area contributed by atoms with Gasteiger partial charge in [0.1, 0.15) is 11.5 Å².